The first-order chi connectivity index (χ1) is 8.56. The first-order valence-corrected chi connectivity index (χ1v) is 6.36. The minimum atomic E-state index is -0.379. The van der Waals surface area contributed by atoms with Gasteiger partial charge in [0.2, 0.25) is 5.91 Å². The molecule has 1 fully saturated rings. The van der Waals surface area contributed by atoms with Crippen LogP contribution in [0.5, 0.6) is 0 Å². The molecule has 18 heavy (non-hydrogen) atoms. The van der Waals surface area contributed by atoms with Gasteiger partial charge in [0, 0.05) is 12.0 Å². The maximum atomic E-state index is 13.5. The summed E-state index contributed by atoms with van der Waals surface area (Å²) in [6.45, 7) is 4.78. The van der Waals surface area contributed by atoms with E-state index in [0.717, 1.165) is 24.9 Å². The van der Waals surface area contributed by atoms with Crippen molar-refractivity contribution in [3.63, 3.8) is 0 Å². The highest BCUT2D eigenvalue weighted by Gasteiger charge is 2.25. The summed E-state index contributed by atoms with van der Waals surface area (Å²) in [5.74, 6) is -0.482. The van der Waals surface area contributed by atoms with Crippen LogP contribution >= 0.6 is 0 Å². The zero-order chi connectivity index (χ0) is 13.1. The Labute approximate surface area is 107 Å². The minimum absolute atomic E-state index is 0.0267. The molecule has 0 bridgehead atoms. The zero-order valence-corrected chi connectivity index (χ0v) is 10.8. The predicted octanol–water partition coefficient (Wildman–Crippen LogP) is 2.46. The maximum absolute atomic E-state index is 13.5. The number of hydrogen-bond donors (Lipinski definition) is 2. The predicted molar refractivity (Wildman–Crippen MR) is 70.0 cm³/mol. The number of nitrogens with one attached hydrogen (secondary N) is 2. The minimum Gasteiger partial charge on any atom is -0.323 e. The molecule has 2 unspecified atom stereocenters. The zero-order valence-electron chi connectivity index (χ0n) is 10.8. The van der Waals surface area contributed by atoms with Gasteiger partial charge in [-0.3, -0.25) is 4.79 Å². The molecular formula is C14H19FN2O. The van der Waals surface area contributed by atoms with Crippen molar-refractivity contribution < 1.29 is 9.18 Å². The van der Waals surface area contributed by atoms with Crippen molar-refractivity contribution in [3.05, 3.63) is 29.6 Å². The van der Waals surface area contributed by atoms with E-state index in [1.165, 1.54) is 6.07 Å². The largest absolute Gasteiger partial charge is 0.323 e. The number of anilines is 1. The fraction of sp³-hybridized carbons (Fsp3) is 0.500. The Morgan fingerprint density at radius 3 is 3.00 bits per heavy atom. The Morgan fingerprint density at radius 1 is 1.50 bits per heavy atom. The van der Waals surface area contributed by atoms with Gasteiger partial charge in [0.15, 0.2) is 0 Å². The van der Waals surface area contributed by atoms with Crippen LogP contribution in [0.15, 0.2) is 18.2 Å². The van der Waals surface area contributed by atoms with Gasteiger partial charge in [-0.2, -0.15) is 0 Å². The molecule has 4 heteroatoms. The van der Waals surface area contributed by atoms with Gasteiger partial charge < -0.3 is 10.6 Å². The van der Waals surface area contributed by atoms with Crippen LogP contribution in [0.2, 0.25) is 0 Å². The first-order valence-electron chi connectivity index (χ1n) is 6.36. The molecule has 1 amide bonds. The molecule has 1 heterocycles. The summed E-state index contributed by atoms with van der Waals surface area (Å²) in [6.07, 6.45) is 1.61. The molecule has 0 radical (unpaired) electrons. The lowest BCUT2D eigenvalue weighted by Crippen LogP contribution is -2.40. The first kappa shape index (κ1) is 13.0. The second-order valence-electron chi connectivity index (χ2n) is 5.05. The molecule has 3 nitrogen and oxygen atoms in total. The number of halogens is 1. The van der Waals surface area contributed by atoms with Crippen LogP contribution in [0.1, 0.15) is 25.3 Å². The topological polar surface area (TPSA) is 41.1 Å². The van der Waals surface area contributed by atoms with Crippen molar-refractivity contribution in [2.24, 2.45) is 5.92 Å². The van der Waals surface area contributed by atoms with Crippen molar-refractivity contribution in [2.75, 3.05) is 11.9 Å². The van der Waals surface area contributed by atoms with Gasteiger partial charge in [-0.15, -0.1) is 0 Å². The normalized spacial score (nSPS) is 23.7. The third-order valence-electron chi connectivity index (χ3n) is 3.37. The monoisotopic (exact) mass is 250 g/mol. The summed E-state index contributed by atoms with van der Waals surface area (Å²) in [5.41, 5.74) is 1.22. The highest BCUT2D eigenvalue weighted by molar-refractivity contribution is 5.92. The highest BCUT2D eigenvalue weighted by atomic mass is 19.1. The van der Waals surface area contributed by atoms with E-state index >= 15 is 0 Å². The lowest BCUT2D eigenvalue weighted by atomic mass is 9.92. The smallest absolute Gasteiger partial charge is 0.227 e. The molecule has 1 saturated heterocycles. The van der Waals surface area contributed by atoms with Crippen LogP contribution in [0.3, 0.4) is 0 Å². The van der Waals surface area contributed by atoms with Gasteiger partial charge in [0.1, 0.15) is 5.82 Å². The number of piperidine rings is 1. The lowest BCUT2D eigenvalue weighted by Gasteiger charge is -2.27. The average Bonchev–Trinajstić information content (AvgIpc) is 2.34. The molecule has 1 aliphatic rings. The second-order valence-corrected chi connectivity index (χ2v) is 5.05. The van der Waals surface area contributed by atoms with E-state index in [0.29, 0.717) is 6.04 Å². The van der Waals surface area contributed by atoms with Gasteiger partial charge in [0.25, 0.3) is 0 Å². The fourth-order valence-corrected chi connectivity index (χ4v) is 2.34. The van der Waals surface area contributed by atoms with Crippen molar-refractivity contribution in [3.8, 4) is 0 Å². The molecule has 0 saturated carbocycles. The van der Waals surface area contributed by atoms with Gasteiger partial charge in [-0.25, -0.2) is 4.39 Å². The molecule has 2 N–H and O–H groups in total. The van der Waals surface area contributed by atoms with Crippen LogP contribution in [0, 0.1) is 18.7 Å². The molecule has 1 aromatic carbocycles. The van der Waals surface area contributed by atoms with Crippen LogP contribution in [0.4, 0.5) is 10.1 Å². The third kappa shape index (κ3) is 3.07. The van der Waals surface area contributed by atoms with Crippen molar-refractivity contribution in [1.82, 2.24) is 5.32 Å². The standard InChI is InChI=1S/C14H19FN2O/c1-9-3-4-12(15)13(7-9)17-14(18)11-5-6-16-10(2)8-11/h3-4,7,10-11,16H,5-6,8H2,1-2H3,(H,17,18). The second kappa shape index (κ2) is 5.48. The number of benzene rings is 1. The number of aryl methyl sites for hydroxylation is 1. The molecule has 1 aliphatic heterocycles. The van der Waals surface area contributed by atoms with Gasteiger partial charge in [0.05, 0.1) is 5.69 Å². The Bertz CT molecular complexity index is 447. The number of carbonyl (C=O) groups excluding carboxylic acids is 1. The Balaban J connectivity index is 2.04. The fourth-order valence-electron chi connectivity index (χ4n) is 2.34. The summed E-state index contributed by atoms with van der Waals surface area (Å²) >= 11 is 0. The number of rotatable bonds is 2. The van der Waals surface area contributed by atoms with E-state index in [-0.39, 0.29) is 23.3 Å². The Kier molecular flexibility index (Phi) is 3.97. The van der Waals surface area contributed by atoms with Crippen LogP contribution in [-0.4, -0.2) is 18.5 Å². The maximum Gasteiger partial charge on any atom is 0.227 e. The summed E-state index contributed by atoms with van der Waals surface area (Å²) in [5, 5.41) is 6.00. The average molecular weight is 250 g/mol. The molecule has 2 rings (SSSR count). The van der Waals surface area contributed by atoms with E-state index in [1.54, 1.807) is 12.1 Å². The van der Waals surface area contributed by atoms with Crippen molar-refractivity contribution >= 4 is 11.6 Å². The van der Waals surface area contributed by atoms with Crippen molar-refractivity contribution in [2.45, 2.75) is 32.7 Å². The van der Waals surface area contributed by atoms with Crippen LogP contribution < -0.4 is 10.6 Å². The number of carbonyl (C=O) groups is 1. The number of hydrogen-bond acceptors (Lipinski definition) is 2. The molecular weight excluding hydrogens is 231 g/mol. The summed E-state index contributed by atoms with van der Waals surface area (Å²) < 4.78 is 13.5. The van der Waals surface area contributed by atoms with Crippen molar-refractivity contribution in [1.29, 1.82) is 0 Å². The lowest BCUT2D eigenvalue weighted by molar-refractivity contribution is -0.120. The van der Waals surface area contributed by atoms with E-state index in [1.807, 2.05) is 6.92 Å². The highest BCUT2D eigenvalue weighted by Crippen LogP contribution is 2.21. The van der Waals surface area contributed by atoms with E-state index in [2.05, 4.69) is 17.6 Å². The van der Waals surface area contributed by atoms with E-state index < -0.39 is 0 Å². The van der Waals surface area contributed by atoms with E-state index in [4.69, 9.17) is 0 Å². The molecule has 0 aliphatic carbocycles. The molecule has 0 spiro atoms. The summed E-state index contributed by atoms with van der Waals surface area (Å²) in [6, 6.07) is 5.09. The summed E-state index contributed by atoms with van der Waals surface area (Å²) in [4.78, 5) is 12.1. The van der Waals surface area contributed by atoms with Crippen LogP contribution in [-0.2, 0) is 4.79 Å². The Morgan fingerprint density at radius 2 is 2.28 bits per heavy atom. The quantitative estimate of drug-likeness (QED) is 0.846. The van der Waals surface area contributed by atoms with Gasteiger partial charge >= 0.3 is 0 Å². The Hall–Kier alpha value is -1.42. The SMILES string of the molecule is Cc1ccc(F)c(NC(=O)C2CCNC(C)C2)c1. The number of amides is 1. The van der Waals surface area contributed by atoms with E-state index in [9.17, 15) is 9.18 Å². The van der Waals surface area contributed by atoms with Gasteiger partial charge in [-0.1, -0.05) is 6.07 Å². The molecule has 1 aromatic rings. The van der Waals surface area contributed by atoms with Crippen LogP contribution in [0.25, 0.3) is 0 Å². The van der Waals surface area contributed by atoms with Gasteiger partial charge in [-0.05, 0) is 50.9 Å². The molecule has 98 valence electrons. The summed E-state index contributed by atoms with van der Waals surface area (Å²) in [7, 11) is 0. The molecule has 0 aromatic heterocycles. The molecule has 2 atom stereocenters. The third-order valence-corrected chi connectivity index (χ3v) is 3.37.